The van der Waals surface area contributed by atoms with Crippen LogP contribution in [-0.2, 0) is 0 Å². The van der Waals surface area contributed by atoms with Gasteiger partial charge in [-0.2, -0.15) is 0 Å². The van der Waals surface area contributed by atoms with Crippen molar-refractivity contribution in [3.05, 3.63) is 23.8 Å². The Morgan fingerprint density at radius 3 is 3.12 bits per heavy atom. The number of para-hydroxylation sites is 1. The van der Waals surface area contributed by atoms with E-state index in [9.17, 15) is 4.79 Å². The summed E-state index contributed by atoms with van der Waals surface area (Å²) in [5, 5.41) is 9.08. The zero-order valence-electron chi connectivity index (χ0n) is 9.56. The van der Waals surface area contributed by atoms with Crippen LogP contribution in [0.2, 0.25) is 0 Å². The van der Waals surface area contributed by atoms with Crippen LogP contribution in [0.4, 0.5) is 5.69 Å². The number of rotatable bonds is 2. The number of hydrogen-bond acceptors (Lipinski definition) is 3. The molecule has 0 amide bonds. The quantitative estimate of drug-likeness (QED) is 0.785. The van der Waals surface area contributed by atoms with E-state index in [1.165, 1.54) is 0 Å². The molecule has 1 N–H and O–H groups in total. The van der Waals surface area contributed by atoms with E-state index in [1.54, 1.807) is 19.1 Å². The Morgan fingerprint density at radius 1 is 1.59 bits per heavy atom. The standard InChI is InChI=1S/C13H13NO3/c1-2-3-7-14-8-9-17-12-10(13(15)16)5-4-6-11(12)14/h4-6H,7-9H2,1H3,(H,15,16). The van der Waals surface area contributed by atoms with E-state index in [1.807, 2.05) is 11.0 Å². The molecular formula is C13H13NO3. The second kappa shape index (κ2) is 4.79. The van der Waals surface area contributed by atoms with Gasteiger partial charge >= 0.3 is 5.97 Å². The smallest absolute Gasteiger partial charge is 0.339 e. The minimum atomic E-state index is -0.967. The van der Waals surface area contributed by atoms with Crippen LogP contribution in [0, 0.1) is 11.8 Å². The predicted molar refractivity (Wildman–Crippen MR) is 64.6 cm³/mol. The maximum atomic E-state index is 11.1. The summed E-state index contributed by atoms with van der Waals surface area (Å²) < 4.78 is 5.46. The first-order valence-corrected chi connectivity index (χ1v) is 5.37. The van der Waals surface area contributed by atoms with E-state index >= 15 is 0 Å². The Bertz CT molecular complexity index is 499. The molecule has 4 heteroatoms. The average molecular weight is 231 g/mol. The second-order valence-corrected chi connectivity index (χ2v) is 3.66. The molecule has 0 bridgehead atoms. The zero-order valence-corrected chi connectivity index (χ0v) is 9.56. The maximum absolute atomic E-state index is 11.1. The predicted octanol–water partition coefficient (Wildman–Crippen LogP) is 1.61. The Kier molecular flexibility index (Phi) is 3.20. The first kappa shape index (κ1) is 11.3. The highest BCUT2D eigenvalue weighted by Gasteiger charge is 2.22. The molecule has 4 nitrogen and oxygen atoms in total. The number of benzene rings is 1. The van der Waals surface area contributed by atoms with Crippen molar-refractivity contribution in [1.82, 2.24) is 0 Å². The number of carboxylic acid groups (broad SMARTS) is 1. The van der Waals surface area contributed by atoms with Crippen molar-refractivity contribution in [2.45, 2.75) is 6.92 Å². The van der Waals surface area contributed by atoms with E-state index in [0.717, 1.165) is 12.2 Å². The molecule has 0 saturated heterocycles. The molecule has 0 aliphatic carbocycles. The van der Waals surface area contributed by atoms with Gasteiger partial charge in [-0.25, -0.2) is 4.79 Å². The lowest BCUT2D eigenvalue weighted by Gasteiger charge is -2.30. The molecule has 1 aromatic rings. The molecule has 0 atom stereocenters. The minimum absolute atomic E-state index is 0.205. The van der Waals surface area contributed by atoms with Gasteiger partial charge < -0.3 is 14.7 Å². The van der Waals surface area contributed by atoms with Crippen molar-refractivity contribution in [3.63, 3.8) is 0 Å². The molecule has 1 heterocycles. The van der Waals surface area contributed by atoms with Crippen LogP contribution in [0.1, 0.15) is 17.3 Å². The van der Waals surface area contributed by atoms with Gasteiger partial charge in [0.15, 0.2) is 5.75 Å². The maximum Gasteiger partial charge on any atom is 0.339 e. The van der Waals surface area contributed by atoms with Gasteiger partial charge in [-0.1, -0.05) is 12.0 Å². The number of carboxylic acids is 1. The second-order valence-electron chi connectivity index (χ2n) is 3.66. The first-order valence-electron chi connectivity index (χ1n) is 5.37. The summed E-state index contributed by atoms with van der Waals surface area (Å²) in [5.74, 6) is 5.30. The molecule has 0 fully saturated rings. The Hall–Kier alpha value is -2.15. The van der Waals surface area contributed by atoms with Crippen molar-refractivity contribution in [3.8, 4) is 17.6 Å². The van der Waals surface area contributed by atoms with Crippen molar-refractivity contribution < 1.29 is 14.6 Å². The lowest BCUT2D eigenvalue weighted by molar-refractivity contribution is 0.0692. The van der Waals surface area contributed by atoms with Crippen LogP contribution in [0.3, 0.4) is 0 Å². The fourth-order valence-corrected chi connectivity index (χ4v) is 1.81. The van der Waals surface area contributed by atoms with Gasteiger partial charge in [-0.15, -0.1) is 5.92 Å². The van der Waals surface area contributed by atoms with Crippen molar-refractivity contribution in [2.24, 2.45) is 0 Å². The highest BCUT2D eigenvalue weighted by Crippen LogP contribution is 2.34. The summed E-state index contributed by atoms with van der Waals surface area (Å²) >= 11 is 0. The van der Waals surface area contributed by atoms with Gasteiger partial charge in [0.2, 0.25) is 0 Å². The monoisotopic (exact) mass is 231 g/mol. The third kappa shape index (κ3) is 2.18. The van der Waals surface area contributed by atoms with Gasteiger partial charge in [0.1, 0.15) is 12.2 Å². The Balaban J connectivity index is 2.40. The van der Waals surface area contributed by atoms with E-state index in [4.69, 9.17) is 9.84 Å². The highest BCUT2D eigenvalue weighted by molar-refractivity contribution is 5.93. The zero-order chi connectivity index (χ0) is 12.3. The molecule has 1 aliphatic heterocycles. The molecule has 0 saturated carbocycles. The van der Waals surface area contributed by atoms with E-state index in [0.29, 0.717) is 18.9 Å². The van der Waals surface area contributed by atoms with Gasteiger partial charge in [0.05, 0.1) is 18.8 Å². The van der Waals surface area contributed by atoms with E-state index in [-0.39, 0.29) is 5.56 Å². The van der Waals surface area contributed by atoms with Crippen molar-refractivity contribution in [1.29, 1.82) is 0 Å². The van der Waals surface area contributed by atoms with Crippen molar-refractivity contribution >= 4 is 11.7 Å². The molecule has 0 spiro atoms. The molecule has 0 aromatic heterocycles. The van der Waals surface area contributed by atoms with Crippen LogP contribution in [0.15, 0.2) is 18.2 Å². The van der Waals surface area contributed by atoms with E-state index < -0.39 is 5.97 Å². The molecule has 17 heavy (non-hydrogen) atoms. The lowest BCUT2D eigenvalue weighted by atomic mass is 10.1. The number of anilines is 1. The molecule has 1 aromatic carbocycles. The Labute approximate surface area is 99.8 Å². The summed E-state index contributed by atoms with van der Waals surface area (Å²) in [6, 6.07) is 5.14. The fraction of sp³-hybridized carbons (Fsp3) is 0.308. The summed E-state index contributed by atoms with van der Waals surface area (Å²) in [4.78, 5) is 13.1. The van der Waals surface area contributed by atoms with Crippen LogP contribution in [-0.4, -0.2) is 30.8 Å². The van der Waals surface area contributed by atoms with Crippen LogP contribution in [0.5, 0.6) is 5.75 Å². The number of ether oxygens (including phenoxy) is 1. The molecule has 2 rings (SSSR count). The summed E-state index contributed by atoms with van der Waals surface area (Å²) in [6.07, 6.45) is 0. The Morgan fingerprint density at radius 2 is 2.41 bits per heavy atom. The van der Waals surface area contributed by atoms with Gasteiger partial charge in [0.25, 0.3) is 0 Å². The number of nitrogens with zero attached hydrogens (tertiary/aromatic N) is 1. The number of fused-ring (bicyclic) bond motifs is 1. The summed E-state index contributed by atoms with van der Waals surface area (Å²) in [5.41, 5.74) is 1.01. The van der Waals surface area contributed by atoms with Gasteiger partial charge in [-0.05, 0) is 19.1 Å². The van der Waals surface area contributed by atoms with Crippen LogP contribution >= 0.6 is 0 Å². The van der Waals surface area contributed by atoms with Crippen LogP contribution in [0.25, 0.3) is 0 Å². The summed E-state index contributed by atoms with van der Waals surface area (Å²) in [7, 11) is 0. The summed E-state index contributed by atoms with van der Waals surface area (Å²) in [6.45, 7) is 3.60. The van der Waals surface area contributed by atoms with Gasteiger partial charge in [-0.3, -0.25) is 0 Å². The molecule has 1 aliphatic rings. The highest BCUT2D eigenvalue weighted by atomic mass is 16.5. The molecule has 0 radical (unpaired) electrons. The first-order chi connectivity index (χ1) is 8.24. The average Bonchev–Trinajstić information content (AvgIpc) is 2.35. The normalized spacial score (nSPS) is 13.1. The molecular weight excluding hydrogens is 218 g/mol. The van der Waals surface area contributed by atoms with Gasteiger partial charge in [0, 0.05) is 0 Å². The minimum Gasteiger partial charge on any atom is -0.489 e. The molecule has 0 unspecified atom stereocenters. The lowest BCUT2D eigenvalue weighted by Crippen LogP contribution is -2.33. The SMILES string of the molecule is CC#CCN1CCOc2c(C(=O)O)cccc21. The molecule has 88 valence electrons. The van der Waals surface area contributed by atoms with Crippen LogP contribution < -0.4 is 9.64 Å². The topological polar surface area (TPSA) is 49.8 Å². The third-order valence-electron chi connectivity index (χ3n) is 2.62. The largest absolute Gasteiger partial charge is 0.489 e. The number of carbonyl (C=O) groups is 1. The fourth-order valence-electron chi connectivity index (χ4n) is 1.81. The number of hydrogen-bond donors (Lipinski definition) is 1. The third-order valence-corrected chi connectivity index (χ3v) is 2.62. The van der Waals surface area contributed by atoms with Crippen molar-refractivity contribution in [2.75, 3.05) is 24.6 Å². The van der Waals surface area contributed by atoms with E-state index in [2.05, 4.69) is 11.8 Å². The number of aromatic carboxylic acids is 1.